The van der Waals surface area contributed by atoms with Gasteiger partial charge in [0.05, 0.1) is 18.7 Å². The number of benzene rings is 1. The zero-order chi connectivity index (χ0) is 19.9. The Morgan fingerprint density at radius 3 is 2.82 bits per heavy atom. The summed E-state index contributed by atoms with van der Waals surface area (Å²) in [4.78, 5) is 26.7. The second-order valence-corrected chi connectivity index (χ2v) is 7.47. The summed E-state index contributed by atoms with van der Waals surface area (Å²) < 4.78 is 4.95. The number of aliphatic hydroxyl groups excluding tert-OH is 1. The third-order valence-electron chi connectivity index (χ3n) is 4.48. The standard InChI is InChI=1S/C20H21N3O4S/c21-12-16-15-8-9-23(20(26)27-11-10-24)13-17(15)28-19(16)22-18(25)7-6-14-4-2-1-3-5-14/h1-5,24H,6-11,13H2,(H,22,25). The van der Waals surface area contributed by atoms with E-state index in [-0.39, 0.29) is 19.1 Å². The Labute approximate surface area is 167 Å². The first-order valence-electron chi connectivity index (χ1n) is 9.03. The van der Waals surface area contributed by atoms with Crippen LogP contribution in [-0.4, -0.2) is 41.8 Å². The van der Waals surface area contributed by atoms with Gasteiger partial charge in [0, 0.05) is 17.8 Å². The van der Waals surface area contributed by atoms with Crippen molar-refractivity contribution in [3.63, 3.8) is 0 Å². The molecule has 0 spiro atoms. The Bertz CT molecular complexity index is 889. The predicted molar refractivity (Wildman–Crippen MR) is 105 cm³/mol. The van der Waals surface area contributed by atoms with Gasteiger partial charge in [-0.2, -0.15) is 5.26 Å². The van der Waals surface area contributed by atoms with E-state index in [0.29, 0.717) is 42.9 Å². The third-order valence-corrected chi connectivity index (χ3v) is 5.61. The molecule has 3 rings (SSSR count). The molecule has 1 aliphatic heterocycles. The van der Waals surface area contributed by atoms with Crippen LogP contribution in [0.2, 0.25) is 0 Å². The van der Waals surface area contributed by atoms with Crippen molar-refractivity contribution < 1.29 is 19.4 Å². The van der Waals surface area contributed by atoms with Crippen molar-refractivity contribution in [2.75, 3.05) is 25.1 Å². The summed E-state index contributed by atoms with van der Waals surface area (Å²) in [5, 5.41) is 21.7. The SMILES string of the molecule is N#Cc1c(NC(=O)CCc2ccccc2)sc2c1CCN(C(=O)OCCO)C2. The van der Waals surface area contributed by atoms with Gasteiger partial charge in [-0.25, -0.2) is 4.79 Å². The van der Waals surface area contributed by atoms with Crippen LogP contribution in [0.5, 0.6) is 0 Å². The summed E-state index contributed by atoms with van der Waals surface area (Å²) >= 11 is 1.33. The van der Waals surface area contributed by atoms with E-state index in [1.807, 2.05) is 30.3 Å². The number of hydrogen-bond donors (Lipinski definition) is 2. The number of nitrogens with one attached hydrogen (secondary N) is 1. The van der Waals surface area contributed by atoms with E-state index in [1.54, 1.807) is 0 Å². The zero-order valence-electron chi connectivity index (χ0n) is 15.3. The van der Waals surface area contributed by atoms with Gasteiger partial charge in [0.25, 0.3) is 0 Å². The number of carbonyl (C=O) groups is 2. The number of aryl methyl sites for hydroxylation is 1. The lowest BCUT2D eigenvalue weighted by Crippen LogP contribution is -2.36. The fraction of sp³-hybridized carbons (Fsp3) is 0.350. The minimum atomic E-state index is -0.486. The van der Waals surface area contributed by atoms with Gasteiger partial charge in [0.2, 0.25) is 5.91 Å². The van der Waals surface area contributed by atoms with Crippen molar-refractivity contribution in [1.82, 2.24) is 4.90 Å². The van der Waals surface area contributed by atoms with Gasteiger partial charge in [-0.1, -0.05) is 30.3 Å². The van der Waals surface area contributed by atoms with E-state index < -0.39 is 6.09 Å². The highest BCUT2D eigenvalue weighted by Gasteiger charge is 2.28. The second kappa shape index (κ2) is 9.35. The molecule has 0 aliphatic carbocycles. The Kier molecular flexibility index (Phi) is 6.63. The molecular weight excluding hydrogens is 378 g/mol. The minimum Gasteiger partial charge on any atom is -0.447 e. The maximum atomic E-state index is 12.3. The van der Waals surface area contributed by atoms with Crippen LogP contribution in [0.3, 0.4) is 0 Å². The lowest BCUT2D eigenvalue weighted by atomic mass is 10.0. The highest BCUT2D eigenvalue weighted by Crippen LogP contribution is 2.36. The maximum absolute atomic E-state index is 12.3. The van der Waals surface area contributed by atoms with Gasteiger partial charge in [-0.05, 0) is 24.0 Å². The molecule has 1 aromatic carbocycles. The molecule has 1 aromatic heterocycles. The molecule has 2 N–H and O–H groups in total. The number of nitrogens with zero attached hydrogens (tertiary/aromatic N) is 2. The third kappa shape index (κ3) is 4.68. The molecule has 0 unspecified atom stereocenters. The first-order chi connectivity index (χ1) is 13.6. The van der Waals surface area contributed by atoms with E-state index in [4.69, 9.17) is 9.84 Å². The molecule has 0 fully saturated rings. The van der Waals surface area contributed by atoms with Gasteiger partial charge >= 0.3 is 6.09 Å². The van der Waals surface area contributed by atoms with Gasteiger partial charge in [0.15, 0.2) is 0 Å². The molecule has 2 aromatic rings. The molecule has 146 valence electrons. The number of amides is 2. The molecule has 0 saturated carbocycles. The Balaban J connectivity index is 1.65. The van der Waals surface area contributed by atoms with E-state index in [1.165, 1.54) is 16.2 Å². The first kappa shape index (κ1) is 19.9. The molecule has 2 heterocycles. The number of fused-ring (bicyclic) bond motifs is 1. The monoisotopic (exact) mass is 399 g/mol. The number of rotatable bonds is 6. The number of thiophene rings is 1. The quantitative estimate of drug-likeness (QED) is 0.777. The summed E-state index contributed by atoms with van der Waals surface area (Å²) in [7, 11) is 0. The van der Waals surface area contributed by atoms with Gasteiger partial charge < -0.3 is 20.1 Å². The summed E-state index contributed by atoms with van der Waals surface area (Å²) in [6.45, 7) is 0.503. The van der Waals surface area contributed by atoms with Crippen LogP contribution in [-0.2, 0) is 28.9 Å². The van der Waals surface area contributed by atoms with E-state index in [2.05, 4.69) is 11.4 Å². The largest absolute Gasteiger partial charge is 0.447 e. The number of carbonyl (C=O) groups excluding carboxylic acids is 2. The molecule has 1 aliphatic rings. The molecule has 8 heteroatoms. The van der Waals surface area contributed by atoms with Crippen molar-refractivity contribution in [3.8, 4) is 6.07 Å². The molecule has 0 saturated heterocycles. The Morgan fingerprint density at radius 1 is 1.32 bits per heavy atom. The predicted octanol–water partition coefficient (Wildman–Crippen LogP) is 2.68. The molecular formula is C20H21N3O4S. The van der Waals surface area contributed by atoms with E-state index >= 15 is 0 Å². The van der Waals surface area contributed by atoms with E-state index in [9.17, 15) is 14.9 Å². The van der Waals surface area contributed by atoms with Crippen molar-refractivity contribution in [1.29, 1.82) is 5.26 Å². The first-order valence-corrected chi connectivity index (χ1v) is 9.85. The van der Waals surface area contributed by atoms with Gasteiger partial charge in [-0.15, -0.1) is 11.3 Å². The average molecular weight is 399 g/mol. The fourth-order valence-electron chi connectivity index (χ4n) is 3.08. The second-order valence-electron chi connectivity index (χ2n) is 6.36. The number of anilines is 1. The summed E-state index contributed by atoms with van der Waals surface area (Å²) in [5.74, 6) is -0.141. The lowest BCUT2D eigenvalue weighted by Gasteiger charge is -2.26. The number of aliphatic hydroxyl groups is 1. The van der Waals surface area contributed by atoms with Crippen molar-refractivity contribution in [2.45, 2.75) is 25.8 Å². The Hall–Kier alpha value is -2.89. The van der Waals surface area contributed by atoms with E-state index in [0.717, 1.165) is 16.0 Å². The van der Waals surface area contributed by atoms with Crippen LogP contribution in [0.15, 0.2) is 30.3 Å². The van der Waals surface area contributed by atoms with Gasteiger partial charge in [0.1, 0.15) is 17.7 Å². The highest BCUT2D eigenvalue weighted by atomic mass is 32.1. The van der Waals surface area contributed by atoms with Crippen LogP contribution < -0.4 is 5.32 Å². The van der Waals surface area contributed by atoms with Crippen LogP contribution in [0.4, 0.5) is 9.80 Å². The van der Waals surface area contributed by atoms with Crippen LogP contribution in [0.25, 0.3) is 0 Å². The lowest BCUT2D eigenvalue weighted by molar-refractivity contribution is -0.116. The summed E-state index contributed by atoms with van der Waals surface area (Å²) in [6, 6.07) is 11.9. The van der Waals surface area contributed by atoms with Crippen LogP contribution in [0, 0.1) is 11.3 Å². The normalized spacial score (nSPS) is 12.8. The van der Waals surface area contributed by atoms with Gasteiger partial charge in [-0.3, -0.25) is 4.79 Å². The molecule has 0 radical (unpaired) electrons. The number of hydrogen-bond acceptors (Lipinski definition) is 6. The molecule has 0 atom stereocenters. The summed E-state index contributed by atoms with van der Waals surface area (Å²) in [5.41, 5.74) is 2.45. The maximum Gasteiger partial charge on any atom is 0.410 e. The Morgan fingerprint density at radius 2 is 2.11 bits per heavy atom. The van der Waals surface area contributed by atoms with Crippen molar-refractivity contribution in [2.24, 2.45) is 0 Å². The van der Waals surface area contributed by atoms with Crippen molar-refractivity contribution >= 4 is 28.3 Å². The molecule has 0 bridgehead atoms. The topological polar surface area (TPSA) is 103 Å². The zero-order valence-corrected chi connectivity index (χ0v) is 16.1. The van der Waals surface area contributed by atoms with Crippen molar-refractivity contribution in [3.05, 3.63) is 51.9 Å². The molecule has 28 heavy (non-hydrogen) atoms. The number of ether oxygens (including phenoxy) is 1. The minimum absolute atomic E-state index is 0.0429. The average Bonchev–Trinajstić information content (AvgIpc) is 3.07. The van der Waals surface area contributed by atoms with Crippen LogP contribution in [0.1, 0.15) is 28.0 Å². The smallest absolute Gasteiger partial charge is 0.410 e. The number of nitriles is 1. The molecule has 7 nitrogen and oxygen atoms in total. The fourth-order valence-corrected chi connectivity index (χ4v) is 4.31. The summed E-state index contributed by atoms with van der Waals surface area (Å²) in [6.07, 6.45) is 1.00. The molecule has 2 amide bonds. The van der Waals surface area contributed by atoms with Crippen LogP contribution >= 0.6 is 11.3 Å². The highest BCUT2D eigenvalue weighted by molar-refractivity contribution is 7.16.